The summed E-state index contributed by atoms with van der Waals surface area (Å²) in [6.45, 7) is 5.88. The van der Waals surface area contributed by atoms with E-state index in [4.69, 9.17) is 24.7 Å². The summed E-state index contributed by atoms with van der Waals surface area (Å²) in [5.41, 5.74) is 7.87. The van der Waals surface area contributed by atoms with Gasteiger partial charge in [0, 0.05) is 17.6 Å². The molecule has 0 spiro atoms. The summed E-state index contributed by atoms with van der Waals surface area (Å²) in [4.78, 5) is 26.0. The van der Waals surface area contributed by atoms with Gasteiger partial charge in [-0.1, -0.05) is 13.8 Å². The molecule has 0 unspecified atom stereocenters. The minimum absolute atomic E-state index is 0.0367. The maximum absolute atomic E-state index is 13.7. The molecule has 3 N–H and O–H groups in total. The zero-order chi connectivity index (χ0) is 30.2. The first-order valence-electron chi connectivity index (χ1n) is 13.2. The number of fused-ring (bicyclic) bond motifs is 1. The molecule has 0 fully saturated rings. The highest BCUT2D eigenvalue weighted by Crippen LogP contribution is 2.37. The molecule has 2 heterocycles. The van der Waals surface area contributed by atoms with Crippen LogP contribution < -0.4 is 25.3 Å². The zero-order valence-corrected chi connectivity index (χ0v) is 24.0. The minimum atomic E-state index is -0.629. The maximum Gasteiger partial charge on any atom is 0.276 e. The van der Waals surface area contributed by atoms with Crippen LogP contribution in [0.4, 0.5) is 15.9 Å². The zero-order valence-electron chi connectivity index (χ0n) is 24.0. The highest BCUT2D eigenvalue weighted by Gasteiger charge is 2.15. The van der Waals surface area contributed by atoms with Gasteiger partial charge >= 0.3 is 0 Å². The van der Waals surface area contributed by atoms with Crippen molar-refractivity contribution in [3.05, 3.63) is 83.8 Å². The molecular formula is C31H32FN5O5. The monoisotopic (exact) mass is 573 g/mol. The molecule has 1 amide bonds. The number of nitrogens with two attached hydrogens (primary N) is 1. The van der Waals surface area contributed by atoms with E-state index >= 15 is 0 Å². The van der Waals surface area contributed by atoms with Crippen LogP contribution >= 0.6 is 0 Å². The smallest absolute Gasteiger partial charge is 0.276 e. The number of hydrogen-bond donors (Lipinski definition) is 2. The van der Waals surface area contributed by atoms with Crippen molar-refractivity contribution in [1.29, 1.82) is 0 Å². The molecule has 11 heteroatoms. The highest BCUT2D eigenvalue weighted by molar-refractivity contribution is 6.06. The summed E-state index contributed by atoms with van der Waals surface area (Å²) in [5.74, 6) is 1.44. The average Bonchev–Trinajstić information content (AvgIpc) is 2.99. The third kappa shape index (κ3) is 6.92. The number of nitrogens with one attached hydrogen (secondary N) is 1. The fraction of sp³-hybridized carbons (Fsp3) is 0.226. The van der Waals surface area contributed by atoms with E-state index in [2.05, 4.69) is 20.3 Å². The molecule has 0 aliphatic rings. The number of ether oxygens (including phenoxy) is 4. The summed E-state index contributed by atoms with van der Waals surface area (Å²) in [5, 5.41) is 3.36. The van der Waals surface area contributed by atoms with Gasteiger partial charge in [0.1, 0.15) is 28.8 Å². The summed E-state index contributed by atoms with van der Waals surface area (Å²) in [6, 6.07) is 12.8. The second-order valence-electron chi connectivity index (χ2n) is 9.30. The molecule has 42 heavy (non-hydrogen) atoms. The number of methoxy groups -OCH3 is 2. The molecule has 0 aliphatic heterocycles. The van der Waals surface area contributed by atoms with E-state index in [1.165, 1.54) is 24.5 Å². The van der Waals surface area contributed by atoms with Crippen LogP contribution in [0, 0.1) is 5.82 Å². The number of pyridine rings is 2. The number of aliphatic imine (C=N–C) groups is 1. The average molecular weight is 574 g/mol. The van der Waals surface area contributed by atoms with Crippen LogP contribution in [-0.4, -0.2) is 42.9 Å². The van der Waals surface area contributed by atoms with Crippen LogP contribution in [-0.2, 0) is 9.53 Å². The molecular weight excluding hydrogens is 541 g/mol. The lowest BCUT2D eigenvalue weighted by atomic mass is 10.0. The van der Waals surface area contributed by atoms with Crippen molar-refractivity contribution >= 4 is 34.5 Å². The molecule has 0 bridgehead atoms. The first kappa shape index (κ1) is 29.8. The molecule has 0 aliphatic carbocycles. The number of hydrogen-bond acceptors (Lipinski definition) is 9. The first-order chi connectivity index (χ1) is 20.2. The number of benzene rings is 2. The number of anilines is 1. The maximum atomic E-state index is 13.7. The predicted octanol–water partition coefficient (Wildman–Crippen LogP) is 6.25. The molecule has 218 valence electrons. The van der Waals surface area contributed by atoms with Gasteiger partial charge in [-0.05, 0) is 60.9 Å². The van der Waals surface area contributed by atoms with Gasteiger partial charge in [0.15, 0.2) is 17.3 Å². The lowest BCUT2D eigenvalue weighted by Gasteiger charge is -2.13. The van der Waals surface area contributed by atoms with Gasteiger partial charge in [-0.3, -0.25) is 14.8 Å². The van der Waals surface area contributed by atoms with E-state index in [9.17, 15) is 9.18 Å². The van der Waals surface area contributed by atoms with Crippen molar-refractivity contribution in [2.45, 2.75) is 26.7 Å². The van der Waals surface area contributed by atoms with Crippen molar-refractivity contribution in [3.8, 4) is 23.0 Å². The lowest BCUT2D eigenvalue weighted by Crippen LogP contribution is -2.23. The Bertz CT molecular complexity index is 1640. The largest absolute Gasteiger partial charge is 0.493 e. The standard InChI is InChI=1S/C31H32FN5O5/c1-6-41-28(17-35-23-9-7-19(32)13-21(23)18(2)3)30(33)31(38)37-29-10-8-20(16-36-29)42-25-11-12-34-24-15-27(40-5)26(39-4)14-22(24)25/h7-18H,6,33H2,1-5H3,(H,36,37,38). The van der Waals surface area contributed by atoms with Crippen LogP contribution in [0.2, 0.25) is 0 Å². The second-order valence-corrected chi connectivity index (χ2v) is 9.30. The van der Waals surface area contributed by atoms with Crippen molar-refractivity contribution in [2.24, 2.45) is 10.7 Å². The molecule has 10 nitrogen and oxygen atoms in total. The Morgan fingerprint density at radius 1 is 1.05 bits per heavy atom. The van der Waals surface area contributed by atoms with Crippen molar-refractivity contribution in [1.82, 2.24) is 9.97 Å². The van der Waals surface area contributed by atoms with Gasteiger partial charge in [-0.25, -0.2) is 9.37 Å². The van der Waals surface area contributed by atoms with Gasteiger partial charge in [-0.2, -0.15) is 0 Å². The van der Waals surface area contributed by atoms with Gasteiger partial charge in [-0.15, -0.1) is 0 Å². The van der Waals surface area contributed by atoms with E-state index in [1.807, 2.05) is 13.8 Å². The number of nitrogens with zero attached hydrogens (tertiary/aromatic N) is 3. The minimum Gasteiger partial charge on any atom is -0.493 e. The quantitative estimate of drug-likeness (QED) is 0.122. The Hall–Kier alpha value is -5.19. The Morgan fingerprint density at radius 2 is 1.81 bits per heavy atom. The Morgan fingerprint density at radius 3 is 2.48 bits per heavy atom. The fourth-order valence-electron chi connectivity index (χ4n) is 4.05. The molecule has 2 aromatic carbocycles. The van der Waals surface area contributed by atoms with Crippen LogP contribution in [0.25, 0.3) is 10.9 Å². The van der Waals surface area contributed by atoms with E-state index < -0.39 is 5.91 Å². The predicted molar refractivity (Wildman–Crippen MR) is 159 cm³/mol. The van der Waals surface area contributed by atoms with Crippen LogP contribution in [0.1, 0.15) is 32.3 Å². The van der Waals surface area contributed by atoms with Gasteiger partial charge in [0.05, 0.1) is 44.4 Å². The number of allylic oxidation sites excluding steroid dienone is 1. The Labute approximate surface area is 243 Å². The normalized spacial score (nSPS) is 11.9. The summed E-state index contributed by atoms with van der Waals surface area (Å²) < 4.78 is 36.1. The lowest BCUT2D eigenvalue weighted by molar-refractivity contribution is -0.113. The topological polar surface area (TPSA) is 130 Å². The molecule has 0 atom stereocenters. The molecule has 0 saturated carbocycles. The van der Waals surface area contributed by atoms with Gasteiger partial charge in [0.25, 0.3) is 5.91 Å². The Balaban J connectivity index is 1.51. The molecule has 0 saturated heterocycles. The van der Waals surface area contributed by atoms with Crippen molar-refractivity contribution < 1.29 is 28.1 Å². The number of rotatable bonds is 11. The molecule has 4 aromatic rings. The van der Waals surface area contributed by atoms with E-state index in [1.54, 1.807) is 63.7 Å². The summed E-state index contributed by atoms with van der Waals surface area (Å²) >= 11 is 0. The number of aromatic nitrogens is 2. The van der Waals surface area contributed by atoms with E-state index in [0.29, 0.717) is 34.2 Å². The second kappa shape index (κ2) is 13.4. The third-order valence-corrected chi connectivity index (χ3v) is 6.16. The SMILES string of the molecule is CCOC(C=Nc1ccc(F)cc1C(C)C)=C(N)C(=O)Nc1ccc(Oc2ccnc3cc(OC)c(OC)cc23)cn1. The summed E-state index contributed by atoms with van der Waals surface area (Å²) in [6.07, 6.45) is 4.45. The van der Waals surface area contributed by atoms with Crippen LogP contribution in [0.15, 0.2) is 77.4 Å². The number of halogens is 1. The van der Waals surface area contributed by atoms with Crippen LogP contribution in [0.3, 0.4) is 0 Å². The van der Waals surface area contributed by atoms with E-state index in [-0.39, 0.29) is 35.6 Å². The number of amides is 1. The molecule has 0 radical (unpaired) electrons. The fourth-order valence-corrected chi connectivity index (χ4v) is 4.05. The van der Waals surface area contributed by atoms with Gasteiger partial charge in [0.2, 0.25) is 0 Å². The summed E-state index contributed by atoms with van der Waals surface area (Å²) in [7, 11) is 3.11. The number of carbonyl (C=O) groups excluding carboxylic acids is 1. The van der Waals surface area contributed by atoms with Crippen LogP contribution in [0.5, 0.6) is 23.0 Å². The molecule has 4 rings (SSSR count). The molecule has 2 aromatic heterocycles. The number of carbonyl (C=O) groups is 1. The van der Waals surface area contributed by atoms with Crippen molar-refractivity contribution in [2.75, 3.05) is 26.1 Å². The highest BCUT2D eigenvalue weighted by atomic mass is 19.1. The van der Waals surface area contributed by atoms with Gasteiger partial charge < -0.3 is 30.0 Å². The Kier molecular flexibility index (Phi) is 9.53. The van der Waals surface area contributed by atoms with E-state index in [0.717, 1.165) is 10.9 Å². The first-order valence-corrected chi connectivity index (χ1v) is 13.2. The van der Waals surface area contributed by atoms with Crippen molar-refractivity contribution in [3.63, 3.8) is 0 Å². The third-order valence-electron chi connectivity index (χ3n) is 6.16.